The van der Waals surface area contributed by atoms with E-state index in [0.717, 1.165) is 12.0 Å². The van der Waals surface area contributed by atoms with Crippen molar-refractivity contribution < 1.29 is 17.6 Å². The zero-order valence-electron chi connectivity index (χ0n) is 12.5. The van der Waals surface area contributed by atoms with Crippen LogP contribution >= 0.6 is 0 Å². The minimum Gasteiger partial charge on any atom is -0.294 e. The van der Waals surface area contributed by atoms with Gasteiger partial charge < -0.3 is 0 Å². The first-order valence-corrected chi connectivity index (χ1v) is 7.60. The summed E-state index contributed by atoms with van der Waals surface area (Å²) in [5, 5.41) is 0. The summed E-state index contributed by atoms with van der Waals surface area (Å²) in [7, 11) is 0. The van der Waals surface area contributed by atoms with Crippen LogP contribution in [-0.2, 0) is 0 Å². The van der Waals surface area contributed by atoms with Gasteiger partial charge in [0.05, 0.1) is 6.54 Å². The molecule has 2 aliphatic rings. The van der Waals surface area contributed by atoms with Gasteiger partial charge in [0.1, 0.15) is 5.82 Å². The van der Waals surface area contributed by atoms with Crippen molar-refractivity contribution in [2.75, 3.05) is 19.6 Å². The van der Waals surface area contributed by atoms with E-state index in [9.17, 15) is 17.6 Å². The Morgan fingerprint density at radius 1 is 1.18 bits per heavy atom. The predicted molar refractivity (Wildman–Crippen MR) is 77.7 cm³/mol. The topological polar surface area (TPSA) is 3.24 Å². The van der Waals surface area contributed by atoms with E-state index in [1.165, 1.54) is 28.2 Å². The van der Waals surface area contributed by atoms with Gasteiger partial charge in [-0.2, -0.15) is 13.2 Å². The van der Waals surface area contributed by atoms with Crippen molar-refractivity contribution in [1.82, 2.24) is 4.90 Å². The predicted octanol–water partition coefficient (Wildman–Crippen LogP) is 4.50. The number of benzene rings is 1. The molecule has 1 aliphatic heterocycles. The molecule has 0 amide bonds. The van der Waals surface area contributed by atoms with Crippen molar-refractivity contribution in [2.45, 2.75) is 25.9 Å². The highest BCUT2D eigenvalue weighted by Crippen LogP contribution is 2.46. The van der Waals surface area contributed by atoms with Crippen molar-refractivity contribution in [3.05, 3.63) is 41.2 Å². The van der Waals surface area contributed by atoms with E-state index in [1.807, 2.05) is 0 Å². The number of halogens is 4. The zero-order chi connectivity index (χ0) is 15.9. The number of piperidine rings is 1. The van der Waals surface area contributed by atoms with Gasteiger partial charge in [-0.3, -0.25) is 4.90 Å². The molecule has 0 aromatic heterocycles. The van der Waals surface area contributed by atoms with Crippen LogP contribution in [0.3, 0.4) is 0 Å². The first kappa shape index (κ1) is 15.5. The van der Waals surface area contributed by atoms with Crippen molar-refractivity contribution in [3.8, 4) is 0 Å². The molecule has 0 saturated carbocycles. The SMILES string of the molecule is CC1CC(c2ccc(F)cc2)=C2CCN(CC(F)(F)F)CC21. The highest BCUT2D eigenvalue weighted by molar-refractivity contribution is 5.72. The number of hydrogen-bond acceptors (Lipinski definition) is 1. The minimum atomic E-state index is -4.14. The van der Waals surface area contributed by atoms with Crippen LogP contribution < -0.4 is 0 Å². The fraction of sp³-hybridized carbons (Fsp3) is 0.529. The van der Waals surface area contributed by atoms with E-state index in [0.29, 0.717) is 25.4 Å². The summed E-state index contributed by atoms with van der Waals surface area (Å²) >= 11 is 0. The van der Waals surface area contributed by atoms with Gasteiger partial charge in [0.25, 0.3) is 0 Å². The number of alkyl halides is 3. The van der Waals surface area contributed by atoms with Gasteiger partial charge in [-0.05, 0) is 47.9 Å². The smallest absolute Gasteiger partial charge is 0.294 e. The fourth-order valence-electron chi connectivity index (χ4n) is 3.79. The first-order chi connectivity index (χ1) is 10.3. The van der Waals surface area contributed by atoms with Gasteiger partial charge in [0.15, 0.2) is 0 Å². The maximum absolute atomic E-state index is 13.1. The van der Waals surface area contributed by atoms with E-state index in [4.69, 9.17) is 0 Å². The van der Waals surface area contributed by atoms with Crippen LogP contribution in [0.2, 0.25) is 0 Å². The summed E-state index contributed by atoms with van der Waals surface area (Å²) < 4.78 is 50.8. The Balaban J connectivity index is 1.81. The molecule has 2 atom stereocenters. The van der Waals surface area contributed by atoms with E-state index >= 15 is 0 Å². The lowest BCUT2D eigenvalue weighted by atomic mass is 9.87. The third-order valence-corrected chi connectivity index (χ3v) is 4.80. The third-order valence-electron chi connectivity index (χ3n) is 4.80. The molecule has 0 N–H and O–H groups in total. The van der Waals surface area contributed by atoms with Crippen LogP contribution in [0, 0.1) is 17.7 Å². The Kier molecular flexibility index (Phi) is 4.02. The van der Waals surface area contributed by atoms with Gasteiger partial charge in [-0.1, -0.05) is 24.6 Å². The molecule has 120 valence electrons. The average molecular weight is 313 g/mol. The molecule has 22 heavy (non-hydrogen) atoms. The molecule has 1 aliphatic carbocycles. The van der Waals surface area contributed by atoms with Crippen LogP contribution in [0.25, 0.3) is 5.57 Å². The van der Waals surface area contributed by atoms with Crippen molar-refractivity contribution in [3.63, 3.8) is 0 Å². The molecule has 0 bridgehead atoms. The maximum atomic E-state index is 13.1. The Morgan fingerprint density at radius 3 is 2.50 bits per heavy atom. The molecule has 0 radical (unpaired) electrons. The van der Waals surface area contributed by atoms with E-state index in [1.54, 1.807) is 12.1 Å². The molecule has 0 spiro atoms. The van der Waals surface area contributed by atoms with Crippen LogP contribution in [0.1, 0.15) is 25.3 Å². The average Bonchev–Trinajstić information content (AvgIpc) is 2.75. The molecule has 2 unspecified atom stereocenters. The van der Waals surface area contributed by atoms with Crippen molar-refractivity contribution in [1.29, 1.82) is 0 Å². The number of allylic oxidation sites excluding steroid dienone is 1. The standard InChI is InChI=1S/C17H19F4N/c1-11-8-15(12-2-4-13(18)5-3-12)14-6-7-22(9-16(11)14)10-17(19,20)21/h2-5,11,16H,6-10H2,1H3. The summed E-state index contributed by atoms with van der Waals surface area (Å²) in [6, 6.07) is 6.43. The lowest BCUT2D eigenvalue weighted by molar-refractivity contribution is -0.148. The Morgan fingerprint density at radius 2 is 1.86 bits per heavy atom. The number of rotatable bonds is 2. The van der Waals surface area contributed by atoms with Crippen molar-refractivity contribution in [2.24, 2.45) is 11.8 Å². The summed E-state index contributed by atoms with van der Waals surface area (Å²) in [6.45, 7) is 2.19. The monoisotopic (exact) mass is 313 g/mol. The highest BCUT2D eigenvalue weighted by atomic mass is 19.4. The van der Waals surface area contributed by atoms with Crippen LogP contribution in [0.4, 0.5) is 17.6 Å². The molecule has 1 saturated heterocycles. The van der Waals surface area contributed by atoms with E-state index in [-0.39, 0.29) is 11.7 Å². The molecule has 1 nitrogen and oxygen atoms in total. The largest absolute Gasteiger partial charge is 0.401 e. The minimum absolute atomic E-state index is 0.191. The molecular weight excluding hydrogens is 294 g/mol. The lowest BCUT2D eigenvalue weighted by Gasteiger charge is -2.35. The number of nitrogens with zero attached hydrogens (tertiary/aromatic N) is 1. The number of likely N-dealkylation sites (tertiary alicyclic amines) is 1. The molecular formula is C17H19F4N. The van der Waals surface area contributed by atoms with Crippen LogP contribution in [-0.4, -0.2) is 30.7 Å². The summed E-state index contributed by atoms with van der Waals surface area (Å²) in [4.78, 5) is 1.51. The second-order valence-corrected chi connectivity index (χ2v) is 6.40. The van der Waals surface area contributed by atoms with Gasteiger partial charge in [-0.15, -0.1) is 0 Å². The number of fused-ring (bicyclic) bond motifs is 1. The third kappa shape index (κ3) is 3.19. The molecule has 5 heteroatoms. The Bertz CT molecular complexity index is 573. The van der Waals surface area contributed by atoms with Gasteiger partial charge in [0, 0.05) is 13.1 Å². The summed E-state index contributed by atoms with van der Waals surface area (Å²) in [6.07, 6.45) is -2.59. The van der Waals surface area contributed by atoms with Gasteiger partial charge in [-0.25, -0.2) is 4.39 Å². The van der Waals surface area contributed by atoms with Gasteiger partial charge >= 0.3 is 6.18 Å². The molecule has 1 heterocycles. The molecule has 1 fully saturated rings. The fourth-order valence-corrected chi connectivity index (χ4v) is 3.79. The Hall–Kier alpha value is -1.36. The van der Waals surface area contributed by atoms with Crippen LogP contribution in [0.15, 0.2) is 29.8 Å². The van der Waals surface area contributed by atoms with Crippen LogP contribution in [0.5, 0.6) is 0 Å². The van der Waals surface area contributed by atoms with E-state index < -0.39 is 12.7 Å². The van der Waals surface area contributed by atoms with Gasteiger partial charge in [0.2, 0.25) is 0 Å². The molecule has 1 aromatic carbocycles. The second kappa shape index (κ2) is 5.69. The quantitative estimate of drug-likeness (QED) is 0.727. The lowest BCUT2D eigenvalue weighted by Crippen LogP contribution is -2.42. The molecule has 1 aromatic rings. The van der Waals surface area contributed by atoms with E-state index in [2.05, 4.69) is 6.92 Å². The number of hydrogen-bond donors (Lipinski definition) is 0. The molecule has 3 rings (SSSR count). The van der Waals surface area contributed by atoms with Crippen molar-refractivity contribution >= 4 is 5.57 Å². The summed E-state index contributed by atoms with van der Waals surface area (Å²) in [5.74, 6) is 0.263. The normalized spacial score (nSPS) is 26.4. The highest BCUT2D eigenvalue weighted by Gasteiger charge is 2.39. The maximum Gasteiger partial charge on any atom is 0.401 e. The zero-order valence-corrected chi connectivity index (χ0v) is 12.5. The first-order valence-electron chi connectivity index (χ1n) is 7.60. The second-order valence-electron chi connectivity index (χ2n) is 6.40. The summed E-state index contributed by atoms with van der Waals surface area (Å²) in [5.41, 5.74) is 3.50. The Labute approximate surface area is 127 Å².